The van der Waals surface area contributed by atoms with Crippen LogP contribution in [0.1, 0.15) is 33.1 Å². The van der Waals surface area contributed by atoms with Crippen molar-refractivity contribution in [2.45, 2.75) is 39.2 Å². The van der Waals surface area contributed by atoms with Crippen LogP contribution >= 0.6 is 0 Å². The molecule has 1 fully saturated rings. The number of ketones is 1. The van der Waals surface area contributed by atoms with E-state index in [2.05, 4.69) is 5.32 Å². The Morgan fingerprint density at radius 1 is 1.43 bits per heavy atom. The smallest absolute Gasteiger partial charge is 0.262 e. The second-order valence-electron chi connectivity index (χ2n) is 7.08. The zero-order valence-corrected chi connectivity index (χ0v) is 17.1. The van der Waals surface area contributed by atoms with Gasteiger partial charge in [-0.2, -0.15) is 4.31 Å². The van der Waals surface area contributed by atoms with Crippen LogP contribution in [-0.4, -0.2) is 68.1 Å². The van der Waals surface area contributed by atoms with E-state index in [9.17, 15) is 22.8 Å². The fourth-order valence-electron chi connectivity index (χ4n) is 3.07. The van der Waals surface area contributed by atoms with Crippen LogP contribution in [0.3, 0.4) is 0 Å². The van der Waals surface area contributed by atoms with Crippen molar-refractivity contribution in [2.75, 3.05) is 26.9 Å². The van der Waals surface area contributed by atoms with Gasteiger partial charge >= 0.3 is 0 Å². The number of primary amides is 1. The molecule has 0 aromatic carbocycles. The number of nitrogens with one attached hydrogen (secondary N) is 1. The van der Waals surface area contributed by atoms with Gasteiger partial charge in [-0.25, -0.2) is 8.42 Å². The molecular formula is C17H27N4O6S. The SMILES string of the molecule is CC1=C(S(=O)(=O)N2CCC[C@H](NC(=O)[CH]CC(C)C(N)=O)C(=O)C2)N(C)CO1. The third-order valence-corrected chi connectivity index (χ3v) is 6.87. The molecule has 2 rings (SSSR count). The van der Waals surface area contributed by atoms with E-state index in [-0.39, 0.29) is 37.1 Å². The lowest BCUT2D eigenvalue weighted by Gasteiger charge is -2.23. The van der Waals surface area contributed by atoms with Gasteiger partial charge in [0.2, 0.25) is 11.8 Å². The summed E-state index contributed by atoms with van der Waals surface area (Å²) in [5.74, 6) is -1.57. The molecule has 2 atom stereocenters. The maximum Gasteiger partial charge on any atom is 0.262 e. The predicted octanol–water partition coefficient (Wildman–Crippen LogP) is -0.710. The largest absolute Gasteiger partial charge is 0.475 e. The molecule has 11 heteroatoms. The number of hydrogen-bond acceptors (Lipinski definition) is 7. The molecule has 1 saturated heterocycles. The molecule has 28 heavy (non-hydrogen) atoms. The maximum absolute atomic E-state index is 12.9. The number of carbonyl (C=O) groups excluding carboxylic acids is 3. The Labute approximate surface area is 165 Å². The van der Waals surface area contributed by atoms with Crippen LogP contribution < -0.4 is 11.1 Å². The molecule has 0 spiro atoms. The van der Waals surface area contributed by atoms with Crippen molar-refractivity contribution >= 4 is 27.6 Å². The van der Waals surface area contributed by atoms with Crippen molar-refractivity contribution < 1.29 is 27.5 Å². The summed E-state index contributed by atoms with van der Waals surface area (Å²) in [5, 5.41) is 2.65. The van der Waals surface area contributed by atoms with E-state index in [0.29, 0.717) is 18.6 Å². The van der Waals surface area contributed by atoms with Crippen molar-refractivity contribution in [3.8, 4) is 0 Å². The Morgan fingerprint density at radius 3 is 2.68 bits per heavy atom. The number of nitrogens with two attached hydrogens (primary N) is 1. The molecule has 2 aliphatic rings. The molecule has 0 aromatic rings. The van der Waals surface area contributed by atoms with Gasteiger partial charge in [-0.1, -0.05) is 6.92 Å². The predicted molar refractivity (Wildman–Crippen MR) is 100 cm³/mol. The molecule has 2 heterocycles. The topological polar surface area (TPSA) is 139 Å². The molecule has 0 bridgehead atoms. The van der Waals surface area contributed by atoms with Crippen molar-refractivity contribution in [3.63, 3.8) is 0 Å². The quantitative estimate of drug-likeness (QED) is 0.560. The second kappa shape index (κ2) is 8.91. The molecule has 3 N–H and O–H groups in total. The van der Waals surface area contributed by atoms with Crippen LogP contribution in [0.15, 0.2) is 10.8 Å². The lowest BCUT2D eigenvalue weighted by Crippen LogP contribution is -2.45. The minimum atomic E-state index is -3.88. The first-order chi connectivity index (χ1) is 13.0. The van der Waals surface area contributed by atoms with Crippen LogP contribution in [0.4, 0.5) is 0 Å². The van der Waals surface area contributed by atoms with Crippen LogP contribution in [-0.2, 0) is 29.1 Å². The molecule has 10 nitrogen and oxygen atoms in total. The van der Waals surface area contributed by atoms with Gasteiger partial charge in [0.15, 0.2) is 17.5 Å². The lowest BCUT2D eigenvalue weighted by atomic mass is 10.0. The molecule has 0 saturated carbocycles. The van der Waals surface area contributed by atoms with E-state index in [4.69, 9.17) is 10.5 Å². The number of Topliss-reactive ketones (excluding diaryl/α,β-unsaturated/α-hetero) is 1. The standard InChI is InChI=1S/C17H27N4O6S/c1-11(16(18)24)6-7-15(23)19-13-5-4-8-21(9-14(13)22)28(25,26)17-12(2)27-10-20(17)3/h7,11,13H,4-6,8-10H2,1-3H3,(H2,18,24)(H,19,23)/t11?,13-/m0/s1. The Kier molecular flexibility index (Phi) is 7.05. The van der Waals surface area contributed by atoms with Crippen molar-refractivity contribution in [1.29, 1.82) is 0 Å². The highest BCUT2D eigenvalue weighted by Gasteiger charge is 2.38. The summed E-state index contributed by atoms with van der Waals surface area (Å²) in [6.07, 6.45) is 2.20. The van der Waals surface area contributed by atoms with E-state index >= 15 is 0 Å². The first-order valence-electron chi connectivity index (χ1n) is 9.04. The number of rotatable bonds is 7. The normalized spacial score (nSPS) is 22.6. The number of ether oxygens (including phenoxy) is 1. The lowest BCUT2D eigenvalue weighted by molar-refractivity contribution is -0.126. The summed E-state index contributed by atoms with van der Waals surface area (Å²) < 4.78 is 32.3. The molecule has 2 aliphatic heterocycles. The number of allylic oxidation sites excluding steroid dienone is 1. The van der Waals surface area contributed by atoms with E-state index < -0.39 is 33.8 Å². The van der Waals surface area contributed by atoms with Crippen LogP contribution in [0.25, 0.3) is 0 Å². The fraction of sp³-hybridized carbons (Fsp3) is 0.647. The summed E-state index contributed by atoms with van der Waals surface area (Å²) in [4.78, 5) is 37.1. The number of carbonyl (C=O) groups is 3. The van der Waals surface area contributed by atoms with E-state index in [0.717, 1.165) is 4.31 Å². The Balaban J connectivity index is 2.00. The van der Waals surface area contributed by atoms with Gasteiger partial charge in [0.25, 0.3) is 10.0 Å². The van der Waals surface area contributed by atoms with Gasteiger partial charge in [-0.05, 0) is 26.2 Å². The molecule has 2 amide bonds. The summed E-state index contributed by atoms with van der Waals surface area (Å²) in [6.45, 7) is 3.16. The van der Waals surface area contributed by atoms with Crippen LogP contribution in [0.5, 0.6) is 0 Å². The first-order valence-corrected chi connectivity index (χ1v) is 10.5. The third-order valence-electron chi connectivity index (χ3n) is 4.79. The highest BCUT2D eigenvalue weighted by Crippen LogP contribution is 2.27. The van der Waals surface area contributed by atoms with Gasteiger partial charge in [0, 0.05) is 19.5 Å². The Bertz CT molecular complexity index is 779. The zero-order chi connectivity index (χ0) is 21.1. The molecule has 0 aliphatic carbocycles. The van der Waals surface area contributed by atoms with E-state index in [1.165, 1.54) is 11.3 Å². The average molecular weight is 415 g/mol. The van der Waals surface area contributed by atoms with Crippen molar-refractivity contribution in [1.82, 2.24) is 14.5 Å². The molecule has 1 unspecified atom stereocenters. The van der Waals surface area contributed by atoms with Gasteiger partial charge in [-0.3, -0.25) is 14.4 Å². The highest BCUT2D eigenvalue weighted by atomic mass is 32.2. The second-order valence-corrected chi connectivity index (χ2v) is 8.94. The van der Waals surface area contributed by atoms with Gasteiger partial charge in [-0.15, -0.1) is 0 Å². The van der Waals surface area contributed by atoms with Gasteiger partial charge in [0.05, 0.1) is 19.0 Å². The van der Waals surface area contributed by atoms with Crippen molar-refractivity contribution in [3.05, 3.63) is 17.2 Å². The fourth-order valence-corrected chi connectivity index (χ4v) is 4.85. The molecule has 157 valence electrons. The number of hydrogen-bond donors (Lipinski definition) is 2. The number of nitrogens with zero attached hydrogens (tertiary/aromatic N) is 2. The first kappa shape index (κ1) is 22.2. The van der Waals surface area contributed by atoms with E-state index in [1.54, 1.807) is 20.9 Å². The summed E-state index contributed by atoms with van der Waals surface area (Å²) in [7, 11) is -2.27. The summed E-state index contributed by atoms with van der Waals surface area (Å²) in [6, 6.07) is -0.777. The van der Waals surface area contributed by atoms with Crippen molar-refractivity contribution in [2.24, 2.45) is 11.7 Å². The summed E-state index contributed by atoms with van der Waals surface area (Å²) in [5.41, 5.74) is 5.15. The molecular weight excluding hydrogens is 388 g/mol. The maximum atomic E-state index is 12.9. The number of amides is 2. The van der Waals surface area contributed by atoms with Gasteiger partial charge < -0.3 is 20.7 Å². The summed E-state index contributed by atoms with van der Waals surface area (Å²) >= 11 is 0. The third kappa shape index (κ3) is 5.02. The highest BCUT2D eigenvalue weighted by molar-refractivity contribution is 7.93. The van der Waals surface area contributed by atoms with Crippen LogP contribution in [0.2, 0.25) is 0 Å². The minimum Gasteiger partial charge on any atom is -0.475 e. The average Bonchev–Trinajstić information content (AvgIpc) is 2.84. The minimum absolute atomic E-state index is 0.0524. The zero-order valence-electron chi connectivity index (χ0n) is 16.3. The Hall–Kier alpha value is -2.14. The number of sulfonamides is 1. The van der Waals surface area contributed by atoms with Gasteiger partial charge in [0.1, 0.15) is 5.76 Å². The monoisotopic (exact) mass is 415 g/mol. The van der Waals surface area contributed by atoms with E-state index in [1.807, 2.05) is 0 Å². The molecule has 1 radical (unpaired) electrons. The Morgan fingerprint density at radius 2 is 2.11 bits per heavy atom. The molecule has 0 aromatic heterocycles. The van der Waals surface area contributed by atoms with Crippen LogP contribution in [0, 0.1) is 12.3 Å².